The summed E-state index contributed by atoms with van der Waals surface area (Å²) < 4.78 is 34.7. The first-order valence-electron chi connectivity index (χ1n) is 24.5. The molecule has 8 unspecified atom stereocenters. The van der Waals surface area contributed by atoms with Crippen LogP contribution in [0, 0.1) is 56.7 Å². The standard InChI is InChI=1S/C48H78O19/c1-20-10-13-48(15-14-46(6)23(29(48)21(20)2)8-9-28-44(4)16-24(51)39(60)45(5,19-50)27(44)11-12-47(28,46)7)43(61)67-42-36(58)33(55)31(53)26(65-42)18-62-40-37(59)34(56)38(25(17-49)64-40)66-41-35(57)32(54)30(52)22(3)63-41/h8,20-22,24-42,49-60H,9-19H2,1-7H3/t20-,21+,22?,24-,25?,26?,27?,28-,29+,30+,31-,32+,33-,34+,35?,36?,37?,38-,39+,40-,41+,42+,44+,45+,46-,47-,48?/m1/s1. The van der Waals surface area contributed by atoms with Crippen molar-refractivity contribution >= 4 is 5.97 Å². The fraction of sp³-hybridized carbons (Fsp3) is 0.938. The molecule has 3 aliphatic heterocycles. The van der Waals surface area contributed by atoms with Crippen molar-refractivity contribution in [1.82, 2.24) is 0 Å². The molecule has 27 atom stereocenters. The van der Waals surface area contributed by atoms with Crippen molar-refractivity contribution in [3.8, 4) is 0 Å². The number of allylic oxidation sites excluding steroid dienone is 2. The van der Waals surface area contributed by atoms with Crippen LogP contribution in [0.4, 0.5) is 0 Å². The van der Waals surface area contributed by atoms with Gasteiger partial charge in [-0.15, -0.1) is 0 Å². The van der Waals surface area contributed by atoms with Crippen molar-refractivity contribution in [2.45, 2.75) is 204 Å². The van der Waals surface area contributed by atoms with E-state index in [0.717, 1.165) is 19.3 Å². The second-order valence-electron chi connectivity index (χ2n) is 22.9. The second-order valence-corrected chi connectivity index (χ2v) is 22.9. The molecule has 0 spiro atoms. The summed E-state index contributed by atoms with van der Waals surface area (Å²) in [7, 11) is 0. The van der Waals surface area contributed by atoms with Crippen LogP contribution in [0.3, 0.4) is 0 Å². The maximum atomic E-state index is 15.0. The van der Waals surface area contributed by atoms with Gasteiger partial charge in [-0.2, -0.15) is 0 Å². The van der Waals surface area contributed by atoms with E-state index in [-0.39, 0.29) is 52.4 Å². The summed E-state index contributed by atoms with van der Waals surface area (Å²) in [4.78, 5) is 15.0. The zero-order chi connectivity index (χ0) is 49.1. The van der Waals surface area contributed by atoms with E-state index in [9.17, 15) is 61.3 Å². The highest BCUT2D eigenvalue weighted by Crippen LogP contribution is 2.76. The number of hydrogen-bond donors (Lipinski definition) is 12. The normalized spacial score (nSPS) is 56.7. The Bertz CT molecular complexity index is 1820. The van der Waals surface area contributed by atoms with Gasteiger partial charge in [0, 0.05) is 5.41 Å². The van der Waals surface area contributed by atoms with Crippen LogP contribution in [-0.4, -0.2) is 191 Å². The molecule has 67 heavy (non-hydrogen) atoms. The molecule has 8 rings (SSSR count). The third-order valence-electron chi connectivity index (χ3n) is 19.7. The van der Waals surface area contributed by atoms with E-state index in [2.05, 4.69) is 40.7 Å². The fourth-order valence-corrected chi connectivity index (χ4v) is 15.2. The lowest BCUT2D eigenvalue weighted by Crippen LogP contribution is -2.68. The van der Waals surface area contributed by atoms with Gasteiger partial charge in [-0.1, -0.05) is 53.2 Å². The lowest BCUT2D eigenvalue weighted by atomic mass is 9.33. The number of aliphatic hydroxyl groups excluding tert-OH is 12. The molecule has 7 fully saturated rings. The lowest BCUT2D eigenvalue weighted by Gasteiger charge is -2.71. The number of aliphatic hydroxyl groups is 12. The number of rotatable bonds is 9. The average Bonchev–Trinajstić information content (AvgIpc) is 3.29. The van der Waals surface area contributed by atoms with E-state index in [1.807, 2.05) is 6.92 Å². The molecule has 8 aliphatic rings. The highest BCUT2D eigenvalue weighted by molar-refractivity contribution is 5.79. The van der Waals surface area contributed by atoms with Crippen LogP contribution in [0.2, 0.25) is 0 Å². The number of esters is 1. The largest absolute Gasteiger partial charge is 0.432 e. The van der Waals surface area contributed by atoms with Gasteiger partial charge in [0.25, 0.3) is 0 Å². The van der Waals surface area contributed by atoms with Crippen molar-refractivity contribution in [3.05, 3.63) is 11.6 Å². The van der Waals surface area contributed by atoms with E-state index in [0.29, 0.717) is 32.1 Å². The van der Waals surface area contributed by atoms with Crippen LogP contribution in [0.5, 0.6) is 0 Å². The predicted molar refractivity (Wildman–Crippen MR) is 231 cm³/mol. The first kappa shape index (κ1) is 51.9. The highest BCUT2D eigenvalue weighted by atomic mass is 16.8. The first-order valence-corrected chi connectivity index (χ1v) is 24.5. The summed E-state index contributed by atoms with van der Waals surface area (Å²) in [6.07, 6.45) is -18.9. The summed E-state index contributed by atoms with van der Waals surface area (Å²) in [5.74, 6) is -0.386. The van der Waals surface area contributed by atoms with Crippen LogP contribution in [0.15, 0.2) is 11.6 Å². The molecular formula is C48H78O19. The molecule has 0 aromatic carbocycles. The minimum absolute atomic E-state index is 0.0112. The summed E-state index contributed by atoms with van der Waals surface area (Å²) in [5.41, 5.74) is -1.64. The maximum absolute atomic E-state index is 15.0. The molecule has 384 valence electrons. The molecule has 5 aliphatic carbocycles. The van der Waals surface area contributed by atoms with Crippen LogP contribution in [0.1, 0.15) is 99.8 Å². The van der Waals surface area contributed by atoms with Crippen molar-refractivity contribution < 1.29 is 94.5 Å². The Kier molecular flexibility index (Phi) is 14.4. The number of carbonyl (C=O) groups is 1. The highest BCUT2D eigenvalue weighted by Gasteiger charge is 2.71. The quantitative estimate of drug-likeness (QED) is 0.0971. The Morgan fingerprint density at radius 3 is 2.01 bits per heavy atom. The number of fused-ring (bicyclic) bond motifs is 7. The van der Waals surface area contributed by atoms with Crippen molar-refractivity contribution in [2.75, 3.05) is 19.8 Å². The Morgan fingerprint density at radius 1 is 0.701 bits per heavy atom. The van der Waals surface area contributed by atoms with Crippen LogP contribution >= 0.6 is 0 Å². The molecule has 19 nitrogen and oxygen atoms in total. The van der Waals surface area contributed by atoms with Gasteiger partial charge in [0.1, 0.15) is 67.1 Å². The summed E-state index contributed by atoms with van der Waals surface area (Å²) in [6.45, 7) is 13.0. The fourth-order valence-electron chi connectivity index (χ4n) is 15.2. The van der Waals surface area contributed by atoms with E-state index in [1.54, 1.807) is 0 Å². The van der Waals surface area contributed by atoms with E-state index >= 15 is 4.79 Å². The van der Waals surface area contributed by atoms with Gasteiger partial charge in [-0.25, -0.2) is 0 Å². The molecule has 0 bridgehead atoms. The summed E-state index contributed by atoms with van der Waals surface area (Å²) in [6, 6.07) is 0. The maximum Gasteiger partial charge on any atom is 0.315 e. The smallest absolute Gasteiger partial charge is 0.315 e. The molecule has 19 heteroatoms. The zero-order valence-corrected chi connectivity index (χ0v) is 39.8. The second kappa shape index (κ2) is 18.5. The topological polar surface area (TPSA) is 315 Å². The molecule has 12 N–H and O–H groups in total. The molecule has 0 radical (unpaired) electrons. The molecule has 3 saturated heterocycles. The van der Waals surface area contributed by atoms with Crippen molar-refractivity contribution in [3.63, 3.8) is 0 Å². The van der Waals surface area contributed by atoms with Crippen LogP contribution in [-0.2, 0) is 33.2 Å². The van der Waals surface area contributed by atoms with E-state index in [1.165, 1.54) is 12.5 Å². The summed E-state index contributed by atoms with van der Waals surface area (Å²) >= 11 is 0. The Hall–Kier alpha value is -1.47. The molecular weight excluding hydrogens is 881 g/mol. The number of carbonyl (C=O) groups excluding carboxylic acids is 1. The number of hydrogen-bond acceptors (Lipinski definition) is 19. The van der Waals surface area contributed by atoms with Gasteiger partial charge in [-0.05, 0) is 104 Å². The third-order valence-corrected chi connectivity index (χ3v) is 19.7. The minimum Gasteiger partial charge on any atom is -0.432 e. The van der Waals surface area contributed by atoms with Crippen molar-refractivity contribution in [2.24, 2.45) is 56.7 Å². The van der Waals surface area contributed by atoms with Gasteiger partial charge >= 0.3 is 5.97 Å². The molecule has 0 aromatic heterocycles. The molecule has 0 aromatic rings. The number of ether oxygens (including phenoxy) is 6. The van der Waals surface area contributed by atoms with Gasteiger partial charge in [0.05, 0.1) is 43.5 Å². The van der Waals surface area contributed by atoms with Gasteiger partial charge in [-0.3, -0.25) is 4.79 Å². The monoisotopic (exact) mass is 959 g/mol. The Balaban J connectivity index is 0.985. The molecule has 4 saturated carbocycles. The van der Waals surface area contributed by atoms with Gasteiger partial charge < -0.3 is 89.7 Å². The van der Waals surface area contributed by atoms with Crippen LogP contribution in [0.25, 0.3) is 0 Å². The zero-order valence-electron chi connectivity index (χ0n) is 39.8. The molecule has 3 heterocycles. The summed E-state index contributed by atoms with van der Waals surface area (Å²) in [5, 5.41) is 130. The molecule has 0 amide bonds. The van der Waals surface area contributed by atoms with Crippen molar-refractivity contribution in [1.29, 1.82) is 0 Å². The third kappa shape index (κ3) is 7.92. The lowest BCUT2D eigenvalue weighted by molar-refractivity contribution is -0.361. The Labute approximate surface area is 392 Å². The predicted octanol–water partition coefficient (Wildman–Crippen LogP) is -1.03. The minimum atomic E-state index is -1.86. The van der Waals surface area contributed by atoms with Gasteiger partial charge in [0.2, 0.25) is 6.29 Å². The van der Waals surface area contributed by atoms with E-state index in [4.69, 9.17) is 28.4 Å². The van der Waals surface area contributed by atoms with E-state index < -0.39 is 134 Å². The Morgan fingerprint density at radius 2 is 1.34 bits per heavy atom. The SMILES string of the molecule is CC1O[C@@H](O[C@@H]2C(CO)O[C@@H](OCC3O[C@@H](OC(=O)C45CC[C@@H](C)[C@H](C)[C@H]4C4=CC[C@@H]6[C@@]7(C)C[C@@H](O)[C@H](O)[C@@](C)(CO)C7CC[C@@]6(C)[C@]4(C)CC5)C(O)[C@H](O)[C@@H]3O)C(O)[C@@H]2O)C(O)[C@@H](O)[C@H]1O. The first-order chi connectivity index (χ1) is 31.4. The van der Waals surface area contributed by atoms with Crippen LogP contribution < -0.4 is 0 Å². The van der Waals surface area contributed by atoms with Gasteiger partial charge in [0.15, 0.2) is 12.6 Å². The average molecular weight is 959 g/mol.